The zero-order chi connectivity index (χ0) is 14.3. The fourth-order valence-corrected chi connectivity index (χ4v) is 3.24. The van der Waals surface area contributed by atoms with E-state index in [2.05, 4.69) is 49.2 Å². The van der Waals surface area contributed by atoms with Gasteiger partial charge in [0.15, 0.2) is 5.65 Å². The van der Waals surface area contributed by atoms with Crippen LogP contribution >= 0.6 is 15.9 Å². The van der Waals surface area contributed by atoms with Crippen LogP contribution in [0.1, 0.15) is 20.3 Å². The average molecular weight is 338 g/mol. The van der Waals surface area contributed by atoms with Gasteiger partial charge >= 0.3 is 0 Å². The summed E-state index contributed by atoms with van der Waals surface area (Å²) in [4.78, 5) is 11.4. The third-order valence-corrected chi connectivity index (χ3v) is 4.50. The highest BCUT2D eigenvalue weighted by molar-refractivity contribution is 9.10. The van der Waals surface area contributed by atoms with Crippen molar-refractivity contribution in [1.29, 1.82) is 0 Å². The van der Waals surface area contributed by atoms with E-state index in [0.717, 1.165) is 28.7 Å². The van der Waals surface area contributed by atoms with Gasteiger partial charge in [0.25, 0.3) is 0 Å². The summed E-state index contributed by atoms with van der Waals surface area (Å²) in [6.07, 6.45) is 3.02. The first kappa shape index (κ1) is 13.8. The Hall–Kier alpha value is -1.14. The van der Waals surface area contributed by atoms with Gasteiger partial charge < -0.3 is 10.6 Å². The molecule has 0 aromatic carbocycles. The topological polar surface area (TPSA) is 60.0 Å². The molecule has 3 heterocycles. The number of halogens is 1. The number of fused-ring (bicyclic) bond motifs is 1. The van der Waals surface area contributed by atoms with Gasteiger partial charge in [0.05, 0.1) is 0 Å². The fraction of sp³-hybridized carbons (Fsp3) is 0.571. The summed E-state index contributed by atoms with van der Waals surface area (Å²) in [5.74, 6) is 1.19. The Morgan fingerprint density at radius 2 is 2.30 bits per heavy atom. The molecule has 3 rings (SSSR count). The molecule has 1 aliphatic rings. The lowest BCUT2D eigenvalue weighted by Crippen LogP contribution is -2.28. The molecule has 108 valence electrons. The number of nitrogen functional groups attached to an aromatic ring is 1. The lowest BCUT2D eigenvalue weighted by atomic mass is 10.1. The van der Waals surface area contributed by atoms with E-state index in [1.165, 1.54) is 13.0 Å². The number of nitrogens with two attached hydrogens (primary N) is 1. The van der Waals surface area contributed by atoms with Crippen molar-refractivity contribution in [3.8, 4) is 0 Å². The second-order valence-corrected chi connectivity index (χ2v) is 6.74. The predicted octanol–water partition coefficient (Wildman–Crippen LogP) is 2.51. The third kappa shape index (κ3) is 2.54. The van der Waals surface area contributed by atoms with E-state index in [1.807, 2.05) is 6.07 Å². The van der Waals surface area contributed by atoms with Gasteiger partial charge in [-0.2, -0.15) is 0 Å². The van der Waals surface area contributed by atoms with Crippen LogP contribution in [0.2, 0.25) is 0 Å². The first-order valence-electron chi connectivity index (χ1n) is 7.06. The molecule has 0 radical (unpaired) electrons. The molecule has 0 aliphatic carbocycles. The van der Waals surface area contributed by atoms with Crippen LogP contribution in [0.25, 0.3) is 11.2 Å². The molecule has 6 heteroatoms. The van der Waals surface area contributed by atoms with E-state index in [-0.39, 0.29) is 0 Å². The molecule has 2 aromatic rings. The minimum atomic E-state index is 0.564. The van der Waals surface area contributed by atoms with Crippen molar-refractivity contribution in [1.82, 2.24) is 19.4 Å². The average Bonchev–Trinajstić information content (AvgIpc) is 2.96. The molecule has 5 nitrogen and oxygen atoms in total. The monoisotopic (exact) mass is 337 g/mol. The largest absolute Gasteiger partial charge is 0.369 e. The Kier molecular flexibility index (Phi) is 3.69. The molecule has 0 saturated carbocycles. The molecule has 2 aromatic heterocycles. The maximum Gasteiger partial charge on any atom is 0.202 e. The molecule has 1 fully saturated rings. The minimum Gasteiger partial charge on any atom is -0.369 e. The summed E-state index contributed by atoms with van der Waals surface area (Å²) in [6, 6.07) is 2.58. The van der Waals surface area contributed by atoms with Crippen molar-refractivity contribution >= 4 is 33.0 Å². The zero-order valence-corrected chi connectivity index (χ0v) is 13.5. The number of pyridine rings is 1. The van der Waals surface area contributed by atoms with E-state index in [9.17, 15) is 0 Å². The first-order valence-corrected chi connectivity index (χ1v) is 7.85. The molecule has 0 spiro atoms. The van der Waals surface area contributed by atoms with Crippen LogP contribution in [0.4, 0.5) is 5.95 Å². The quantitative estimate of drug-likeness (QED) is 0.934. The Labute approximate surface area is 127 Å². The number of aromatic nitrogens is 3. The lowest BCUT2D eigenvalue weighted by Gasteiger charge is -2.20. The molecule has 1 atom stereocenters. The van der Waals surface area contributed by atoms with Crippen LogP contribution in [0.5, 0.6) is 0 Å². The fourth-order valence-electron chi connectivity index (χ4n) is 2.92. The highest BCUT2D eigenvalue weighted by Crippen LogP contribution is 2.25. The van der Waals surface area contributed by atoms with Gasteiger partial charge in [-0.05, 0) is 54.7 Å². The van der Waals surface area contributed by atoms with E-state index >= 15 is 0 Å². The summed E-state index contributed by atoms with van der Waals surface area (Å²) in [5, 5.41) is 0. The minimum absolute atomic E-state index is 0.564. The summed E-state index contributed by atoms with van der Waals surface area (Å²) in [6.45, 7) is 7.71. The highest BCUT2D eigenvalue weighted by Gasteiger charge is 2.25. The maximum atomic E-state index is 6.06. The number of hydrogen-bond acceptors (Lipinski definition) is 4. The van der Waals surface area contributed by atoms with Crippen molar-refractivity contribution in [2.24, 2.45) is 5.92 Å². The molecule has 20 heavy (non-hydrogen) atoms. The molecule has 2 N–H and O–H groups in total. The van der Waals surface area contributed by atoms with Gasteiger partial charge in [-0.25, -0.2) is 9.97 Å². The van der Waals surface area contributed by atoms with Gasteiger partial charge in [-0.15, -0.1) is 0 Å². The number of anilines is 1. The van der Waals surface area contributed by atoms with Crippen molar-refractivity contribution in [3.63, 3.8) is 0 Å². The SMILES string of the molecule is CC(C)N1CCC(Cn2c(N)nc3cc(Br)cnc32)C1. The van der Waals surface area contributed by atoms with E-state index in [0.29, 0.717) is 17.9 Å². The molecule has 1 saturated heterocycles. The summed E-state index contributed by atoms with van der Waals surface area (Å²) in [5.41, 5.74) is 7.80. The van der Waals surface area contributed by atoms with Crippen molar-refractivity contribution in [3.05, 3.63) is 16.7 Å². The number of imidazole rings is 1. The third-order valence-electron chi connectivity index (χ3n) is 4.07. The van der Waals surface area contributed by atoms with E-state index in [4.69, 9.17) is 5.73 Å². The molecule has 1 unspecified atom stereocenters. The van der Waals surface area contributed by atoms with Crippen molar-refractivity contribution in [2.75, 3.05) is 18.8 Å². The normalized spacial score (nSPS) is 20.3. The highest BCUT2D eigenvalue weighted by atomic mass is 79.9. The number of likely N-dealkylation sites (tertiary alicyclic amines) is 1. The van der Waals surface area contributed by atoms with Gasteiger partial charge in [0, 0.05) is 29.8 Å². The second kappa shape index (κ2) is 5.33. The van der Waals surface area contributed by atoms with Crippen molar-refractivity contribution < 1.29 is 0 Å². The van der Waals surface area contributed by atoms with Crippen LogP contribution in [-0.2, 0) is 6.54 Å². The molecule has 1 aliphatic heterocycles. The molecular formula is C14H20BrN5. The smallest absolute Gasteiger partial charge is 0.202 e. The predicted molar refractivity (Wildman–Crippen MR) is 84.5 cm³/mol. The van der Waals surface area contributed by atoms with Crippen LogP contribution < -0.4 is 5.73 Å². The number of rotatable bonds is 3. The molecular weight excluding hydrogens is 318 g/mol. The summed E-state index contributed by atoms with van der Waals surface area (Å²) in [7, 11) is 0. The van der Waals surface area contributed by atoms with Crippen molar-refractivity contribution in [2.45, 2.75) is 32.9 Å². The standard InChI is InChI=1S/C14H20BrN5/c1-9(2)19-4-3-10(7-19)8-20-13-12(18-14(20)16)5-11(15)6-17-13/h5-6,9-10H,3-4,7-8H2,1-2H3,(H2,16,18). The molecule has 0 amide bonds. The second-order valence-electron chi connectivity index (χ2n) is 5.82. The van der Waals surface area contributed by atoms with Gasteiger partial charge in [0.2, 0.25) is 5.95 Å². The zero-order valence-electron chi connectivity index (χ0n) is 11.9. The van der Waals surface area contributed by atoms with Crippen LogP contribution in [0, 0.1) is 5.92 Å². The summed E-state index contributed by atoms with van der Waals surface area (Å²) < 4.78 is 2.98. The number of hydrogen-bond donors (Lipinski definition) is 1. The van der Waals surface area contributed by atoms with Crippen LogP contribution in [0.15, 0.2) is 16.7 Å². The Morgan fingerprint density at radius 1 is 1.50 bits per heavy atom. The van der Waals surface area contributed by atoms with Gasteiger partial charge in [-0.1, -0.05) is 0 Å². The van der Waals surface area contributed by atoms with Crippen LogP contribution in [0.3, 0.4) is 0 Å². The van der Waals surface area contributed by atoms with Crippen LogP contribution in [-0.4, -0.2) is 38.6 Å². The van der Waals surface area contributed by atoms with Gasteiger partial charge in [-0.3, -0.25) is 4.57 Å². The first-order chi connectivity index (χ1) is 9.54. The van der Waals surface area contributed by atoms with E-state index in [1.54, 1.807) is 6.20 Å². The maximum absolute atomic E-state index is 6.06. The number of nitrogens with zero attached hydrogens (tertiary/aromatic N) is 4. The summed E-state index contributed by atoms with van der Waals surface area (Å²) >= 11 is 3.42. The molecule has 0 bridgehead atoms. The Bertz CT molecular complexity index is 621. The lowest BCUT2D eigenvalue weighted by molar-refractivity contribution is 0.261. The van der Waals surface area contributed by atoms with Gasteiger partial charge in [0.1, 0.15) is 5.52 Å². The Balaban J connectivity index is 1.83. The van der Waals surface area contributed by atoms with E-state index < -0.39 is 0 Å². The Morgan fingerprint density at radius 3 is 3.00 bits per heavy atom.